The van der Waals surface area contributed by atoms with Crippen molar-refractivity contribution < 1.29 is 31.5 Å². The molecule has 1 heterocycles. The lowest BCUT2D eigenvalue weighted by molar-refractivity contribution is -0.0354. The molecule has 0 radical (unpaired) electrons. The molecule has 1 aromatic heterocycles. The fourth-order valence-corrected chi connectivity index (χ4v) is 8.65. The van der Waals surface area contributed by atoms with E-state index in [-0.39, 0.29) is 52.4 Å². The number of nitrogens with one attached hydrogen (secondary N) is 1. The van der Waals surface area contributed by atoms with E-state index >= 15 is 0 Å². The number of amides is 1. The molecule has 2 fully saturated rings. The van der Waals surface area contributed by atoms with Gasteiger partial charge in [-0.2, -0.15) is 5.10 Å². The first kappa shape index (κ1) is 25.7. The molecule has 37 heavy (non-hydrogen) atoms. The number of aromatic nitrogens is 2. The lowest BCUT2D eigenvalue weighted by Crippen LogP contribution is -2.48. The first-order valence-corrected chi connectivity index (χ1v) is 13.6. The molecule has 1 amide bonds. The zero-order valence-corrected chi connectivity index (χ0v) is 20.9. The molecule has 7 nitrogen and oxygen atoms in total. The first-order valence-electron chi connectivity index (χ1n) is 11.7. The molecular weight excluding hydrogens is 531 g/mol. The standard InChI is InChI=1S/C25H23ClF3N3O4S/c26-18-5-4-14(24(33)31-17-9-19(27)22(29)20(28)10-17)8-21(18)37(35,36)23-15-2-3-16(23)12-25(34,11-15)13-32-7-1-6-30-32/h1,4-10,15-16,23,34H,2-3,11-13H2,(H,31,33)/t15?,16?,23-,25-. The molecule has 2 aromatic carbocycles. The van der Waals surface area contributed by atoms with Gasteiger partial charge in [0.15, 0.2) is 27.3 Å². The molecule has 2 aliphatic carbocycles. The number of rotatable bonds is 6. The number of aliphatic hydroxyl groups is 1. The minimum Gasteiger partial charge on any atom is -0.388 e. The van der Waals surface area contributed by atoms with Gasteiger partial charge >= 0.3 is 0 Å². The summed E-state index contributed by atoms with van der Waals surface area (Å²) < 4.78 is 69.5. The highest BCUT2D eigenvalue weighted by atomic mass is 35.5. The Balaban J connectivity index is 1.39. The van der Waals surface area contributed by atoms with Crippen molar-refractivity contribution in [1.29, 1.82) is 0 Å². The van der Waals surface area contributed by atoms with Crippen LogP contribution in [0.5, 0.6) is 0 Å². The Labute approximate surface area is 216 Å². The van der Waals surface area contributed by atoms with Crippen molar-refractivity contribution in [2.75, 3.05) is 5.32 Å². The van der Waals surface area contributed by atoms with Gasteiger partial charge in [0.05, 0.1) is 27.3 Å². The van der Waals surface area contributed by atoms with Crippen LogP contribution in [0.25, 0.3) is 0 Å². The average Bonchev–Trinajstić information content (AvgIpc) is 3.43. The maximum absolute atomic E-state index is 13.8. The molecule has 196 valence electrons. The third-order valence-corrected chi connectivity index (χ3v) is 10.1. The van der Waals surface area contributed by atoms with E-state index in [2.05, 4.69) is 10.4 Å². The highest BCUT2D eigenvalue weighted by molar-refractivity contribution is 7.92. The summed E-state index contributed by atoms with van der Waals surface area (Å²) >= 11 is 6.28. The van der Waals surface area contributed by atoms with Crippen LogP contribution >= 0.6 is 11.6 Å². The van der Waals surface area contributed by atoms with Gasteiger partial charge in [-0.25, -0.2) is 21.6 Å². The number of hydrogen-bond acceptors (Lipinski definition) is 5. The Hall–Kier alpha value is -2.89. The second-order valence-corrected chi connectivity index (χ2v) is 12.3. The molecule has 2 unspecified atom stereocenters. The number of benzene rings is 2. The number of fused-ring (bicyclic) bond motifs is 2. The summed E-state index contributed by atoms with van der Waals surface area (Å²) in [5.41, 5.74) is -1.52. The second-order valence-electron chi connectivity index (χ2n) is 9.80. The van der Waals surface area contributed by atoms with E-state index in [9.17, 15) is 31.5 Å². The SMILES string of the molecule is O=C(Nc1cc(F)c(F)c(F)c1)c1ccc(Cl)c(S(=O)(=O)[C@H]2C3CCC2C[C@](O)(Cn2cccn2)C3)c1. The van der Waals surface area contributed by atoms with E-state index in [0.29, 0.717) is 25.0 Å². The quantitative estimate of drug-likeness (QED) is 0.435. The van der Waals surface area contributed by atoms with E-state index in [0.717, 1.165) is 6.07 Å². The van der Waals surface area contributed by atoms with E-state index in [4.69, 9.17) is 11.6 Å². The highest BCUT2D eigenvalue weighted by Gasteiger charge is 2.54. The van der Waals surface area contributed by atoms with Crippen molar-refractivity contribution in [3.05, 3.63) is 76.8 Å². The maximum atomic E-state index is 13.8. The second kappa shape index (κ2) is 9.45. The van der Waals surface area contributed by atoms with Crippen molar-refractivity contribution in [3.63, 3.8) is 0 Å². The molecule has 0 spiro atoms. The van der Waals surface area contributed by atoms with Crippen molar-refractivity contribution in [2.45, 2.75) is 48.0 Å². The van der Waals surface area contributed by atoms with Crippen molar-refractivity contribution in [2.24, 2.45) is 11.8 Å². The smallest absolute Gasteiger partial charge is 0.255 e. The van der Waals surface area contributed by atoms with Crippen LogP contribution in [0.15, 0.2) is 53.7 Å². The molecular formula is C25H23ClF3N3O4S. The Morgan fingerprint density at radius 3 is 2.38 bits per heavy atom. The van der Waals surface area contributed by atoms with Crippen LogP contribution in [-0.4, -0.2) is 40.1 Å². The molecule has 3 aromatic rings. The number of carbonyl (C=O) groups excluding carboxylic acids is 1. The summed E-state index contributed by atoms with van der Waals surface area (Å²) in [6.45, 7) is 0.265. The fourth-order valence-electron chi connectivity index (χ4n) is 5.81. The first-order chi connectivity index (χ1) is 17.5. The molecule has 2 saturated carbocycles. The number of nitrogens with zero attached hydrogens (tertiary/aromatic N) is 2. The lowest BCUT2D eigenvalue weighted by Gasteiger charge is -2.40. The normalized spacial score (nSPS) is 25.3. The minimum atomic E-state index is -4.00. The number of sulfone groups is 1. The summed E-state index contributed by atoms with van der Waals surface area (Å²) in [6, 6.07) is 6.68. The number of anilines is 1. The van der Waals surface area contributed by atoms with Crippen molar-refractivity contribution in [1.82, 2.24) is 9.78 Å². The summed E-state index contributed by atoms with van der Waals surface area (Å²) in [6.07, 6.45) is 5.19. The Morgan fingerprint density at radius 2 is 1.78 bits per heavy atom. The molecule has 2 atom stereocenters. The molecule has 5 rings (SSSR count). The Morgan fingerprint density at radius 1 is 1.14 bits per heavy atom. The predicted molar refractivity (Wildman–Crippen MR) is 129 cm³/mol. The van der Waals surface area contributed by atoms with Crippen molar-refractivity contribution >= 4 is 33.0 Å². The third-order valence-electron chi connectivity index (χ3n) is 7.24. The molecule has 0 saturated heterocycles. The Kier molecular flexibility index (Phi) is 6.57. The van der Waals surface area contributed by atoms with Crippen LogP contribution in [0.1, 0.15) is 36.0 Å². The molecule has 12 heteroatoms. The van der Waals surface area contributed by atoms with Gasteiger partial charge in [-0.05, 0) is 61.8 Å². The van der Waals surface area contributed by atoms with Gasteiger partial charge in [0.25, 0.3) is 5.91 Å². The van der Waals surface area contributed by atoms with Crippen LogP contribution < -0.4 is 5.32 Å². The van der Waals surface area contributed by atoms with E-state index in [1.165, 1.54) is 12.1 Å². The van der Waals surface area contributed by atoms with E-state index in [1.807, 2.05) is 0 Å². The van der Waals surface area contributed by atoms with E-state index < -0.39 is 44.0 Å². The average molecular weight is 554 g/mol. The summed E-state index contributed by atoms with van der Waals surface area (Å²) in [5, 5.41) is 16.8. The van der Waals surface area contributed by atoms with E-state index in [1.54, 1.807) is 23.1 Å². The summed E-state index contributed by atoms with van der Waals surface area (Å²) in [5.74, 6) is -6.08. The fraction of sp³-hybridized carbons (Fsp3) is 0.360. The molecule has 2 bridgehead atoms. The van der Waals surface area contributed by atoms with Gasteiger partial charge in [-0.1, -0.05) is 11.6 Å². The zero-order valence-electron chi connectivity index (χ0n) is 19.4. The maximum Gasteiger partial charge on any atom is 0.255 e. The van der Waals surface area contributed by atoms with Gasteiger partial charge in [0.2, 0.25) is 0 Å². The van der Waals surface area contributed by atoms with Gasteiger partial charge in [0.1, 0.15) is 0 Å². The minimum absolute atomic E-state index is 0.0628. The van der Waals surface area contributed by atoms with Gasteiger partial charge < -0.3 is 10.4 Å². The predicted octanol–water partition coefficient (Wildman–Crippen LogP) is 4.60. The molecule has 0 aliphatic heterocycles. The number of hydrogen-bond donors (Lipinski definition) is 2. The van der Waals surface area contributed by atoms with Gasteiger partial charge in [0, 0.05) is 35.8 Å². The van der Waals surface area contributed by atoms with Crippen molar-refractivity contribution in [3.8, 4) is 0 Å². The molecule has 2 aliphatic rings. The number of carbonyl (C=O) groups is 1. The van der Waals surface area contributed by atoms with Crippen LogP contribution in [0, 0.1) is 29.3 Å². The Bertz CT molecular complexity index is 1430. The van der Waals surface area contributed by atoms with Gasteiger partial charge in [-0.15, -0.1) is 0 Å². The largest absolute Gasteiger partial charge is 0.388 e. The van der Waals surface area contributed by atoms with Crippen LogP contribution in [0.3, 0.4) is 0 Å². The van der Waals surface area contributed by atoms with Crippen LogP contribution in [0.2, 0.25) is 5.02 Å². The number of halogens is 4. The zero-order chi connectivity index (χ0) is 26.5. The summed E-state index contributed by atoms with van der Waals surface area (Å²) in [4.78, 5) is 12.5. The topological polar surface area (TPSA) is 101 Å². The molecule has 2 N–H and O–H groups in total. The third kappa shape index (κ3) is 4.87. The van der Waals surface area contributed by atoms with Crippen LogP contribution in [-0.2, 0) is 16.4 Å². The lowest BCUT2D eigenvalue weighted by atomic mass is 9.77. The van der Waals surface area contributed by atoms with Crippen LogP contribution in [0.4, 0.5) is 18.9 Å². The monoisotopic (exact) mass is 553 g/mol. The summed E-state index contributed by atoms with van der Waals surface area (Å²) in [7, 11) is -4.00. The van der Waals surface area contributed by atoms with Gasteiger partial charge in [-0.3, -0.25) is 9.48 Å². The highest BCUT2D eigenvalue weighted by Crippen LogP contribution is 2.51.